The van der Waals surface area contributed by atoms with Gasteiger partial charge in [-0.1, -0.05) is 11.6 Å². The van der Waals surface area contributed by atoms with E-state index >= 15 is 0 Å². The molecule has 144 valence electrons. The first-order valence-electron chi connectivity index (χ1n) is 9.25. The number of hydrogen-bond acceptors (Lipinski definition) is 4. The summed E-state index contributed by atoms with van der Waals surface area (Å²) in [4.78, 5) is 41.3. The lowest BCUT2D eigenvalue weighted by Crippen LogP contribution is -2.48. The second-order valence-electron chi connectivity index (χ2n) is 7.44. The number of rotatable bonds is 3. The number of benzene rings is 1. The standard InChI is InChI=1S/C19H22ClN3O3S/c1-19-7-6-16(24)23(19)15(11-27-19)17(25)21-14-10-12(20)4-5-13(14)18(26)22-8-2-3-9-22/h4-5,10,15H,2-3,6-9,11H2,1H3,(H,21,25). The second-order valence-corrected chi connectivity index (χ2v) is 9.38. The van der Waals surface area contributed by atoms with Crippen molar-refractivity contribution in [2.24, 2.45) is 0 Å². The molecule has 27 heavy (non-hydrogen) atoms. The number of likely N-dealkylation sites (tertiary alicyclic amines) is 1. The van der Waals surface area contributed by atoms with Crippen LogP contribution in [0.15, 0.2) is 18.2 Å². The number of fused-ring (bicyclic) bond motifs is 1. The fourth-order valence-corrected chi connectivity index (χ4v) is 5.73. The molecule has 2 unspecified atom stereocenters. The van der Waals surface area contributed by atoms with Crippen LogP contribution in [0.1, 0.15) is 43.0 Å². The molecule has 2 atom stereocenters. The molecule has 0 aromatic heterocycles. The van der Waals surface area contributed by atoms with Crippen molar-refractivity contribution in [1.82, 2.24) is 9.80 Å². The molecule has 1 aromatic rings. The number of nitrogens with zero attached hydrogens (tertiary/aromatic N) is 2. The minimum absolute atomic E-state index is 0.0158. The van der Waals surface area contributed by atoms with Crippen molar-refractivity contribution in [3.8, 4) is 0 Å². The highest BCUT2D eigenvalue weighted by molar-refractivity contribution is 8.01. The Bertz CT molecular complexity index is 811. The van der Waals surface area contributed by atoms with E-state index in [0.717, 1.165) is 32.4 Å². The van der Waals surface area contributed by atoms with Crippen LogP contribution >= 0.6 is 23.4 Å². The van der Waals surface area contributed by atoms with Crippen molar-refractivity contribution < 1.29 is 14.4 Å². The molecular formula is C19H22ClN3O3S. The maximum absolute atomic E-state index is 13.0. The van der Waals surface area contributed by atoms with E-state index in [0.29, 0.717) is 28.4 Å². The van der Waals surface area contributed by atoms with E-state index < -0.39 is 6.04 Å². The molecule has 6 nitrogen and oxygen atoms in total. The summed E-state index contributed by atoms with van der Waals surface area (Å²) in [5, 5.41) is 3.32. The van der Waals surface area contributed by atoms with E-state index in [1.807, 2.05) is 6.92 Å². The van der Waals surface area contributed by atoms with E-state index in [-0.39, 0.29) is 22.6 Å². The molecule has 3 amide bonds. The molecule has 0 bridgehead atoms. The zero-order valence-electron chi connectivity index (χ0n) is 15.2. The molecule has 0 radical (unpaired) electrons. The molecule has 3 fully saturated rings. The molecule has 0 saturated carbocycles. The SMILES string of the molecule is CC12CCC(=O)N1C(C(=O)Nc1cc(Cl)ccc1C(=O)N1CCCC1)CS2. The van der Waals surface area contributed by atoms with Crippen molar-refractivity contribution in [3.63, 3.8) is 0 Å². The van der Waals surface area contributed by atoms with Gasteiger partial charge in [-0.3, -0.25) is 14.4 Å². The number of amides is 3. The van der Waals surface area contributed by atoms with Crippen LogP contribution in [0.3, 0.4) is 0 Å². The van der Waals surface area contributed by atoms with Gasteiger partial charge in [0.05, 0.1) is 16.1 Å². The van der Waals surface area contributed by atoms with Gasteiger partial charge in [-0.25, -0.2) is 0 Å². The third-order valence-corrected chi connectivity index (χ3v) is 7.35. The fourth-order valence-electron chi connectivity index (χ4n) is 4.13. The molecule has 3 heterocycles. The summed E-state index contributed by atoms with van der Waals surface area (Å²) in [6.45, 7) is 3.47. The zero-order chi connectivity index (χ0) is 19.2. The van der Waals surface area contributed by atoms with Gasteiger partial charge in [0.2, 0.25) is 11.8 Å². The smallest absolute Gasteiger partial charge is 0.255 e. The average molecular weight is 408 g/mol. The molecule has 1 aromatic carbocycles. The second kappa shape index (κ2) is 7.02. The number of nitrogens with one attached hydrogen (secondary N) is 1. The third kappa shape index (κ3) is 3.31. The Morgan fingerprint density at radius 2 is 2.04 bits per heavy atom. The largest absolute Gasteiger partial charge is 0.339 e. The van der Waals surface area contributed by atoms with Gasteiger partial charge in [0.15, 0.2) is 0 Å². The zero-order valence-corrected chi connectivity index (χ0v) is 16.7. The molecule has 3 aliphatic rings. The minimum atomic E-state index is -0.524. The summed E-state index contributed by atoms with van der Waals surface area (Å²) in [5.74, 6) is 0.216. The van der Waals surface area contributed by atoms with Crippen molar-refractivity contribution >= 4 is 46.8 Å². The lowest BCUT2D eigenvalue weighted by atomic mass is 10.1. The monoisotopic (exact) mass is 407 g/mol. The summed E-state index contributed by atoms with van der Waals surface area (Å²) in [5.41, 5.74) is 0.852. The van der Waals surface area contributed by atoms with Crippen LogP contribution in [0, 0.1) is 0 Å². The molecule has 8 heteroatoms. The van der Waals surface area contributed by atoms with E-state index in [4.69, 9.17) is 11.6 Å². The highest BCUT2D eigenvalue weighted by atomic mass is 35.5. The van der Waals surface area contributed by atoms with Crippen molar-refractivity contribution in [2.45, 2.75) is 43.5 Å². The first kappa shape index (κ1) is 18.6. The molecule has 0 spiro atoms. The van der Waals surface area contributed by atoms with Crippen molar-refractivity contribution in [1.29, 1.82) is 0 Å². The Labute approximate surface area is 167 Å². The summed E-state index contributed by atoms with van der Waals surface area (Å²) >= 11 is 7.76. The number of hydrogen-bond donors (Lipinski definition) is 1. The Balaban J connectivity index is 1.57. The summed E-state index contributed by atoms with van der Waals surface area (Å²) in [6.07, 6.45) is 3.23. The van der Waals surface area contributed by atoms with E-state index in [2.05, 4.69) is 5.32 Å². The van der Waals surface area contributed by atoms with Crippen molar-refractivity contribution in [2.75, 3.05) is 24.2 Å². The van der Waals surface area contributed by atoms with Gasteiger partial charge < -0.3 is 15.1 Å². The predicted octanol–water partition coefficient (Wildman–Crippen LogP) is 2.97. The average Bonchev–Trinajstić information content (AvgIpc) is 3.33. The van der Waals surface area contributed by atoms with Gasteiger partial charge in [-0.15, -0.1) is 11.8 Å². The quantitative estimate of drug-likeness (QED) is 0.836. The number of carbonyl (C=O) groups is 3. The lowest BCUT2D eigenvalue weighted by molar-refractivity contribution is -0.135. The molecule has 3 aliphatic heterocycles. The summed E-state index contributed by atoms with van der Waals surface area (Å²) < 4.78 is 0. The summed E-state index contributed by atoms with van der Waals surface area (Å²) in [6, 6.07) is 4.40. The third-order valence-electron chi connectivity index (χ3n) is 5.61. The number of halogens is 1. The molecule has 4 rings (SSSR count). The van der Waals surface area contributed by atoms with Gasteiger partial charge in [0.1, 0.15) is 6.04 Å². The van der Waals surface area contributed by atoms with Crippen LogP contribution in [0.4, 0.5) is 5.69 Å². The number of thioether (sulfide) groups is 1. The Morgan fingerprint density at radius 3 is 2.78 bits per heavy atom. The van der Waals surface area contributed by atoms with Gasteiger partial charge in [0.25, 0.3) is 5.91 Å². The van der Waals surface area contributed by atoms with Gasteiger partial charge in [-0.05, 0) is 44.4 Å². The predicted molar refractivity (Wildman–Crippen MR) is 106 cm³/mol. The van der Waals surface area contributed by atoms with Crippen LogP contribution in [0.25, 0.3) is 0 Å². The molecular weight excluding hydrogens is 386 g/mol. The van der Waals surface area contributed by atoms with E-state index in [1.54, 1.807) is 39.8 Å². The molecule has 3 saturated heterocycles. The van der Waals surface area contributed by atoms with Crippen LogP contribution in [-0.2, 0) is 9.59 Å². The van der Waals surface area contributed by atoms with Gasteiger partial charge in [0, 0.05) is 30.3 Å². The van der Waals surface area contributed by atoms with Crippen LogP contribution < -0.4 is 5.32 Å². The molecule has 1 N–H and O–H groups in total. The number of anilines is 1. The first-order valence-corrected chi connectivity index (χ1v) is 10.6. The van der Waals surface area contributed by atoms with E-state index in [9.17, 15) is 14.4 Å². The maximum Gasteiger partial charge on any atom is 0.255 e. The first-order chi connectivity index (χ1) is 12.9. The topological polar surface area (TPSA) is 69.7 Å². The van der Waals surface area contributed by atoms with Crippen molar-refractivity contribution in [3.05, 3.63) is 28.8 Å². The number of carbonyl (C=O) groups excluding carboxylic acids is 3. The Morgan fingerprint density at radius 1 is 1.30 bits per heavy atom. The Kier molecular flexibility index (Phi) is 4.84. The van der Waals surface area contributed by atoms with E-state index in [1.165, 1.54) is 0 Å². The Hall–Kier alpha value is -1.73. The minimum Gasteiger partial charge on any atom is -0.339 e. The highest BCUT2D eigenvalue weighted by Crippen LogP contribution is 2.47. The maximum atomic E-state index is 13.0. The molecule has 0 aliphatic carbocycles. The van der Waals surface area contributed by atoms with Gasteiger partial charge >= 0.3 is 0 Å². The normalized spacial score (nSPS) is 27.2. The van der Waals surface area contributed by atoms with Crippen LogP contribution in [-0.4, -0.2) is 57.3 Å². The van der Waals surface area contributed by atoms with Crippen LogP contribution in [0.2, 0.25) is 5.02 Å². The van der Waals surface area contributed by atoms with Crippen LogP contribution in [0.5, 0.6) is 0 Å². The fraction of sp³-hybridized carbons (Fsp3) is 0.526. The van der Waals surface area contributed by atoms with Gasteiger partial charge in [-0.2, -0.15) is 0 Å². The lowest BCUT2D eigenvalue weighted by Gasteiger charge is -2.30. The highest BCUT2D eigenvalue weighted by Gasteiger charge is 2.53. The summed E-state index contributed by atoms with van der Waals surface area (Å²) in [7, 11) is 0.